The first-order chi connectivity index (χ1) is 7.33. The second-order valence-corrected chi connectivity index (χ2v) is 4.31. The maximum Gasteiger partial charge on any atom is 0.212 e. The molecule has 1 aliphatic heterocycles. The monoisotopic (exact) mass is 204 g/mol. The van der Waals surface area contributed by atoms with Crippen LogP contribution in [0, 0.1) is 11.9 Å². The van der Waals surface area contributed by atoms with Crippen molar-refractivity contribution in [3.8, 4) is 0 Å². The molecule has 2 aliphatic rings. The number of nitrogens with zero attached hydrogens (tertiary/aromatic N) is 1. The molecule has 2 atom stereocenters. The molecule has 0 amide bonds. The fraction of sp³-hybridized carbons (Fsp3) is 0.417. The zero-order valence-corrected chi connectivity index (χ0v) is 8.41. The topological polar surface area (TPSA) is 24.9 Å². The van der Waals surface area contributed by atoms with E-state index in [0.29, 0.717) is 6.04 Å². The Hall–Kier alpha value is -1.22. The normalized spacial score (nSPS) is 29.0. The molecule has 2 heterocycles. The van der Waals surface area contributed by atoms with Crippen LogP contribution in [0.3, 0.4) is 0 Å². The predicted molar refractivity (Wildman–Crippen MR) is 56.7 cm³/mol. The summed E-state index contributed by atoms with van der Waals surface area (Å²) in [5, 5.41) is 3.42. The minimum atomic E-state index is -0.408. The summed E-state index contributed by atoms with van der Waals surface area (Å²) in [4.78, 5) is 3.69. The van der Waals surface area contributed by atoms with E-state index in [0.717, 1.165) is 30.9 Å². The van der Waals surface area contributed by atoms with Gasteiger partial charge >= 0.3 is 0 Å². The van der Waals surface area contributed by atoms with E-state index in [9.17, 15) is 4.39 Å². The molecule has 0 bridgehead atoms. The molecular weight excluding hydrogens is 191 g/mol. The van der Waals surface area contributed by atoms with Crippen molar-refractivity contribution in [1.82, 2.24) is 10.3 Å². The van der Waals surface area contributed by atoms with Crippen molar-refractivity contribution in [2.45, 2.75) is 18.9 Å². The molecule has 2 nitrogen and oxygen atoms in total. The molecule has 1 N–H and O–H groups in total. The van der Waals surface area contributed by atoms with E-state index in [1.807, 2.05) is 6.07 Å². The zero-order chi connectivity index (χ0) is 10.3. The van der Waals surface area contributed by atoms with Gasteiger partial charge in [-0.15, -0.1) is 0 Å². The van der Waals surface area contributed by atoms with Crippen molar-refractivity contribution in [2.75, 3.05) is 6.54 Å². The Morgan fingerprint density at radius 1 is 1.40 bits per heavy atom. The molecule has 1 aromatic rings. The van der Waals surface area contributed by atoms with E-state index in [2.05, 4.69) is 16.4 Å². The molecule has 15 heavy (non-hydrogen) atoms. The standard InChI is InChI=1S/C12H13FN2/c13-12-4-3-9(6-15-12)8-1-2-10-7-14-11(10)5-8/h1,3-4,6,10-11,14H,2,5,7H2/t10-,11-/m1/s1. The average molecular weight is 204 g/mol. The summed E-state index contributed by atoms with van der Waals surface area (Å²) in [6, 6.07) is 3.87. The highest BCUT2D eigenvalue weighted by Gasteiger charge is 2.32. The molecule has 1 fully saturated rings. The van der Waals surface area contributed by atoms with Crippen LogP contribution in [0.1, 0.15) is 18.4 Å². The summed E-state index contributed by atoms with van der Waals surface area (Å²) in [5.74, 6) is 0.414. The molecule has 3 heteroatoms. The van der Waals surface area contributed by atoms with Crippen LogP contribution in [0.15, 0.2) is 24.4 Å². The lowest BCUT2D eigenvalue weighted by Gasteiger charge is -2.41. The van der Waals surface area contributed by atoms with Gasteiger partial charge in [-0.25, -0.2) is 4.98 Å². The van der Waals surface area contributed by atoms with E-state index >= 15 is 0 Å². The van der Waals surface area contributed by atoms with Crippen LogP contribution in [0.4, 0.5) is 4.39 Å². The fourth-order valence-corrected chi connectivity index (χ4v) is 2.35. The number of pyridine rings is 1. The molecule has 0 saturated carbocycles. The van der Waals surface area contributed by atoms with Crippen molar-refractivity contribution >= 4 is 5.57 Å². The van der Waals surface area contributed by atoms with Crippen LogP contribution in [0.2, 0.25) is 0 Å². The Morgan fingerprint density at radius 3 is 2.93 bits per heavy atom. The molecule has 78 valence electrons. The number of allylic oxidation sites excluding steroid dienone is 1. The highest BCUT2D eigenvalue weighted by Crippen LogP contribution is 2.33. The smallest absolute Gasteiger partial charge is 0.212 e. The lowest BCUT2D eigenvalue weighted by Crippen LogP contribution is -2.53. The molecule has 0 spiro atoms. The Bertz CT molecular complexity index is 397. The van der Waals surface area contributed by atoms with Gasteiger partial charge in [-0.2, -0.15) is 4.39 Å². The third-order valence-corrected chi connectivity index (χ3v) is 3.42. The van der Waals surface area contributed by atoms with Gasteiger partial charge < -0.3 is 5.32 Å². The molecular formula is C12H13FN2. The van der Waals surface area contributed by atoms with Crippen molar-refractivity contribution in [3.63, 3.8) is 0 Å². The summed E-state index contributed by atoms with van der Waals surface area (Å²) < 4.78 is 12.7. The highest BCUT2D eigenvalue weighted by atomic mass is 19.1. The summed E-state index contributed by atoms with van der Waals surface area (Å²) in [5.41, 5.74) is 2.36. The maximum atomic E-state index is 12.7. The second-order valence-electron chi connectivity index (χ2n) is 4.31. The number of hydrogen-bond acceptors (Lipinski definition) is 2. The van der Waals surface area contributed by atoms with Crippen LogP contribution in [-0.4, -0.2) is 17.6 Å². The first kappa shape index (κ1) is 9.04. The van der Waals surface area contributed by atoms with Crippen LogP contribution < -0.4 is 5.32 Å². The SMILES string of the molecule is Fc1ccc(C2=CC[C@@H]3CN[C@@H]3C2)cn1. The zero-order valence-electron chi connectivity index (χ0n) is 8.41. The Balaban J connectivity index is 1.85. The predicted octanol–water partition coefficient (Wildman–Crippen LogP) is 1.99. The van der Waals surface area contributed by atoms with E-state index in [4.69, 9.17) is 0 Å². The van der Waals surface area contributed by atoms with Crippen molar-refractivity contribution in [3.05, 3.63) is 35.9 Å². The van der Waals surface area contributed by atoms with E-state index < -0.39 is 5.95 Å². The molecule has 1 aromatic heterocycles. The van der Waals surface area contributed by atoms with E-state index in [1.54, 1.807) is 6.20 Å². The number of fused-ring (bicyclic) bond motifs is 1. The number of halogens is 1. The fourth-order valence-electron chi connectivity index (χ4n) is 2.35. The average Bonchev–Trinajstić information content (AvgIpc) is 2.22. The summed E-state index contributed by atoms with van der Waals surface area (Å²) >= 11 is 0. The molecule has 0 aromatic carbocycles. The molecule has 1 saturated heterocycles. The first-order valence-corrected chi connectivity index (χ1v) is 5.37. The van der Waals surface area contributed by atoms with E-state index in [1.165, 1.54) is 11.6 Å². The van der Waals surface area contributed by atoms with Crippen molar-refractivity contribution in [1.29, 1.82) is 0 Å². The van der Waals surface area contributed by atoms with Gasteiger partial charge in [-0.05, 0) is 42.0 Å². The van der Waals surface area contributed by atoms with Gasteiger partial charge in [-0.3, -0.25) is 0 Å². The second kappa shape index (κ2) is 3.42. The lowest BCUT2D eigenvalue weighted by atomic mass is 9.78. The summed E-state index contributed by atoms with van der Waals surface area (Å²) in [6.07, 6.45) is 6.10. The molecule has 0 radical (unpaired) electrons. The number of aromatic nitrogens is 1. The summed E-state index contributed by atoms with van der Waals surface area (Å²) in [7, 11) is 0. The highest BCUT2D eigenvalue weighted by molar-refractivity contribution is 5.66. The van der Waals surface area contributed by atoms with Gasteiger partial charge in [0.15, 0.2) is 0 Å². The molecule has 0 unspecified atom stereocenters. The van der Waals surface area contributed by atoms with Gasteiger partial charge in [0.2, 0.25) is 5.95 Å². The number of nitrogens with one attached hydrogen (secondary N) is 1. The van der Waals surface area contributed by atoms with Crippen molar-refractivity contribution < 1.29 is 4.39 Å². The number of rotatable bonds is 1. The van der Waals surface area contributed by atoms with Crippen LogP contribution >= 0.6 is 0 Å². The van der Waals surface area contributed by atoms with Gasteiger partial charge in [-0.1, -0.05) is 6.08 Å². The van der Waals surface area contributed by atoms with Crippen LogP contribution in [0.5, 0.6) is 0 Å². The number of hydrogen-bond donors (Lipinski definition) is 1. The minimum Gasteiger partial charge on any atom is -0.313 e. The molecule has 1 aliphatic carbocycles. The lowest BCUT2D eigenvalue weighted by molar-refractivity contribution is 0.231. The quantitative estimate of drug-likeness (QED) is 0.707. The Kier molecular flexibility index (Phi) is 2.06. The Morgan fingerprint density at radius 2 is 2.33 bits per heavy atom. The third-order valence-electron chi connectivity index (χ3n) is 3.42. The molecule has 3 rings (SSSR count). The van der Waals surface area contributed by atoms with Gasteiger partial charge in [0.05, 0.1) is 0 Å². The Labute approximate surface area is 88.2 Å². The summed E-state index contributed by atoms with van der Waals surface area (Å²) in [6.45, 7) is 1.15. The third kappa shape index (κ3) is 1.57. The van der Waals surface area contributed by atoms with Gasteiger partial charge in [0.25, 0.3) is 0 Å². The van der Waals surface area contributed by atoms with Crippen LogP contribution in [0.25, 0.3) is 5.57 Å². The van der Waals surface area contributed by atoms with E-state index in [-0.39, 0.29) is 0 Å². The van der Waals surface area contributed by atoms with Gasteiger partial charge in [0.1, 0.15) is 0 Å². The first-order valence-electron chi connectivity index (χ1n) is 5.37. The largest absolute Gasteiger partial charge is 0.313 e. The maximum absolute atomic E-state index is 12.7. The van der Waals surface area contributed by atoms with Crippen LogP contribution in [-0.2, 0) is 0 Å². The minimum absolute atomic E-state index is 0.408. The van der Waals surface area contributed by atoms with Crippen molar-refractivity contribution in [2.24, 2.45) is 5.92 Å². The van der Waals surface area contributed by atoms with Gasteiger partial charge in [0, 0.05) is 18.8 Å².